The first-order chi connectivity index (χ1) is 16.6. The maximum Gasteiger partial charge on any atom is 0.338 e. The monoisotopic (exact) mass is 503 g/mol. The number of hydrogen-bond donors (Lipinski definition) is 1. The zero-order chi connectivity index (χ0) is 25.6. The van der Waals surface area contributed by atoms with Crippen LogP contribution in [0.25, 0.3) is 0 Å². The Balaban J connectivity index is 1.75. The highest BCUT2D eigenvalue weighted by molar-refractivity contribution is 7.92. The second-order valence-corrected chi connectivity index (χ2v) is 9.93. The van der Waals surface area contributed by atoms with Gasteiger partial charge < -0.3 is 19.7 Å². The summed E-state index contributed by atoms with van der Waals surface area (Å²) in [7, 11) is -3.81. The largest absolute Gasteiger partial charge is 0.462 e. The molecule has 0 bridgehead atoms. The number of nitrogens with zero attached hydrogens (tertiary/aromatic N) is 2. The number of hydrogen-bond acceptors (Lipinski definition) is 7. The number of sulfonamides is 1. The molecule has 0 saturated carbocycles. The SMILES string of the molecule is CCOC(=O)c1ccc(C)c(NC(=O)CN(c2ccc(C(=O)N3CCOCC3)cc2)S(C)(=O)=O)c1. The van der Waals surface area contributed by atoms with E-state index in [1.165, 1.54) is 30.3 Å². The van der Waals surface area contributed by atoms with Crippen LogP contribution in [0.15, 0.2) is 42.5 Å². The Labute approximate surface area is 204 Å². The predicted molar refractivity (Wildman–Crippen MR) is 131 cm³/mol. The van der Waals surface area contributed by atoms with E-state index in [1.54, 1.807) is 30.9 Å². The first-order valence-corrected chi connectivity index (χ1v) is 13.0. The van der Waals surface area contributed by atoms with Crippen LogP contribution in [0.5, 0.6) is 0 Å². The molecule has 2 amide bonds. The van der Waals surface area contributed by atoms with Crippen LogP contribution >= 0.6 is 0 Å². The van der Waals surface area contributed by atoms with Gasteiger partial charge in [-0.05, 0) is 55.8 Å². The molecule has 0 aromatic heterocycles. The van der Waals surface area contributed by atoms with E-state index < -0.39 is 28.4 Å². The molecule has 35 heavy (non-hydrogen) atoms. The van der Waals surface area contributed by atoms with E-state index in [-0.39, 0.29) is 23.8 Å². The van der Waals surface area contributed by atoms with Crippen LogP contribution in [-0.2, 0) is 24.3 Å². The van der Waals surface area contributed by atoms with Crippen molar-refractivity contribution in [3.63, 3.8) is 0 Å². The number of ether oxygens (including phenoxy) is 2. The van der Waals surface area contributed by atoms with Crippen LogP contribution in [0, 0.1) is 6.92 Å². The van der Waals surface area contributed by atoms with Crippen molar-refractivity contribution in [2.75, 3.05) is 55.3 Å². The lowest BCUT2D eigenvalue weighted by Crippen LogP contribution is -2.40. The quantitative estimate of drug-likeness (QED) is 0.547. The fourth-order valence-corrected chi connectivity index (χ4v) is 4.39. The average molecular weight is 504 g/mol. The second kappa shape index (κ2) is 11.3. The summed E-state index contributed by atoms with van der Waals surface area (Å²) in [6, 6.07) is 10.8. The molecule has 1 fully saturated rings. The Morgan fingerprint density at radius 2 is 1.69 bits per heavy atom. The summed E-state index contributed by atoms with van der Waals surface area (Å²) in [6.45, 7) is 5.11. The van der Waals surface area contributed by atoms with Gasteiger partial charge in [0.15, 0.2) is 0 Å². The summed E-state index contributed by atoms with van der Waals surface area (Å²) < 4.78 is 36.1. The van der Waals surface area contributed by atoms with Crippen LogP contribution in [0.2, 0.25) is 0 Å². The van der Waals surface area contributed by atoms with E-state index in [0.717, 1.165) is 10.6 Å². The molecule has 10 nitrogen and oxygen atoms in total. The molecule has 188 valence electrons. The van der Waals surface area contributed by atoms with Gasteiger partial charge in [0, 0.05) is 24.3 Å². The minimum absolute atomic E-state index is 0.166. The zero-order valence-corrected chi connectivity index (χ0v) is 20.8. The van der Waals surface area contributed by atoms with E-state index >= 15 is 0 Å². The first-order valence-electron chi connectivity index (χ1n) is 11.1. The number of nitrogens with one attached hydrogen (secondary N) is 1. The minimum Gasteiger partial charge on any atom is -0.462 e. The van der Waals surface area contributed by atoms with E-state index in [1.807, 2.05) is 0 Å². The topological polar surface area (TPSA) is 122 Å². The lowest BCUT2D eigenvalue weighted by Gasteiger charge is -2.27. The summed E-state index contributed by atoms with van der Waals surface area (Å²) >= 11 is 0. The summed E-state index contributed by atoms with van der Waals surface area (Å²) in [5.74, 6) is -1.28. The van der Waals surface area contributed by atoms with E-state index in [4.69, 9.17) is 9.47 Å². The minimum atomic E-state index is -3.81. The van der Waals surface area contributed by atoms with Gasteiger partial charge in [-0.3, -0.25) is 13.9 Å². The zero-order valence-electron chi connectivity index (χ0n) is 19.9. The Morgan fingerprint density at radius 1 is 1.06 bits per heavy atom. The van der Waals surface area contributed by atoms with Gasteiger partial charge in [-0.15, -0.1) is 0 Å². The molecule has 3 rings (SSSR count). The maximum atomic E-state index is 12.8. The van der Waals surface area contributed by atoms with Crippen molar-refractivity contribution in [2.24, 2.45) is 0 Å². The average Bonchev–Trinajstić information content (AvgIpc) is 2.83. The van der Waals surface area contributed by atoms with Gasteiger partial charge in [-0.2, -0.15) is 0 Å². The van der Waals surface area contributed by atoms with Crippen LogP contribution in [0.1, 0.15) is 33.2 Å². The normalized spacial score (nSPS) is 13.7. The highest BCUT2D eigenvalue weighted by Crippen LogP contribution is 2.21. The van der Waals surface area contributed by atoms with Crippen LogP contribution < -0.4 is 9.62 Å². The number of benzene rings is 2. The fourth-order valence-electron chi connectivity index (χ4n) is 3.54. The summed E-state index contributed by atoms with van der Waals surface area (Å²) in [5.41, 5.74) is 2.01. The van der Waals surface area contributed by atoms with Crippen molar-refractivity contribution in [2.45, 2.75) is 13.8 Å². The van der Waals surface area contributed by atoms with Crippen molar-refractivity contribution >= 4 is 39.2 Å². The molecule has 1 aliphatic rings. The van der Waals surface area contributed by atoms with Gasteiger partial charge in [0.05, 0.1) is 37.3 Å². The molecule has 1 aliphatic heterocycles. The molecule has 11 heteroatoms. The first kappa shape index (κ1) is 26.2. The molecule has 0 atom stereocenters. The number of amides is 2. The number of rotatable bonds is 8. The van der Waals surface area contributed by atoms with E-state index in [2.05, 4.69) is 5.32 Å². The second-order valence-electron chi connectivity index (χ2n) is 8.02. The van der Waals surface area contributed by atoms with E-state index in [0.29, 0.717) is 43.1 Å². The lowest BCUT2D eigenvalue weighted by molar-refractivity contribution is -0.114. The number of morpholine rings is 1. The van der Waals surface area contributed by atoms with Crippen molar-refractivity contribution in [1.82, 2.24) is 4.90 Å². The highest BCUT2D eigenvalue weighted by Gasteiger charge is 2.23. The number of esters is 1. The number of carbonyl (C=O) groups is 3. The molecule has 0 unspecified atom stereocenters. The van der Waals surface area contributed by atoms with Crippen molar-refractivity contribution in [3.05, 3.63) is 59.2 Å². The Kier molecular flexibility index (Phi) is 8.47. The van der Waals surface area contributed by atoms with Crippen LogP contribution in [-0.4, -0.2) is 76.8 Å². The number of aryl methyl sites for hydroxylation is 1. The Hall–Kier alpha value is -3.44. The summed E-state index contributed by atoms with van der Waals surface area (Å²) in [5, 5.41) is 2.67. The van der Waals surface area contributed by atoms with Crippen molar-refractivity contribution in [3.8, 4) is 0 Å². The van der Waals surface area contributed by atoms with Crippen LogP contribution in [0.4, 0.5) is 11.4 Å². The van der Waals surface area contributed by atoms with Crippen LogP contribution in [0.3, 0.4) is 0 Å². The van der Waals surface area contributed by atoms with E-state index in [9.17, 15) is 22.8 Å². The molecule has 2 aromatic carbocycles. The van der Waals surface area contributed by atoms with Gasteiger partial charge in [-0.1, -0.05) is 6.07 Å². The molecular weight excluding hydrogens is 474 g/mol. The third-order valence-electron chi connectivity index (χ3n) is 5.41. The Morgan fingerprint density at radius 3 is 2.29 bits per heavy atom. The van der Waals surface area contributed by atoms with Crippen molar-refractivity contribution in [1.29, 1.82) is 0 Å². The smallest absolute Gasteiger partial charge is 0.338 e. The third kappa shape index (κ3) is 6.80. The Bertz CT molecular complexity index is 1190. The van der Waals surface area contributed by atoms with Gasteiger partial charge >= 0.3 is 5.97 Å². The van der Waals surface area contributed by atoms with Gasteiger partial charge in [0.25, 0.3) is 5.91 Å². The van der Waals surface area contributed by atoms with Gasteiger partial charge in [0.2, 0.25) is 15.9 Å². The molecule has 0 aliphatic carbocycles. The van der Waals surface area contributed by atoms with Gasteiger partial charge in [0.1, 0.15) is 6.54 Å². The molecule has 1 saturated heterocycles. The maximum absolute atomic E-state index is 12.8. The molecule has 1 heterocycles. The highest BCUT2D eigenvalue weighted by atomic mass is 32.2. The van der Waals surface area contributed by atoms with Crippen molar-refractivity contribution < 1.29 is 32.3 Å². The molecule has 2 aromatic rings. The number of anilines is 2. The number of carbonyl (C=O) groups excluding carboxylic acids is 3. The predicted octanol–water partition coefficient (Wildman–Crippen LogP) is 2.05. The lowest BCUT2D eigenvalue weighted by atomic mass is 10.1. The fraction of sp³-hybridized carbons (Fsp3) is 0.375. The standard InChI is InChI=1S/C24H29N3O7S/c1-4-34-24(30)19-6-5-17(2)21(15-19)25-22(28)16-27(35(3,31)32)20-9-7-18(8-10-20)23(29)26-11-13-33-14-12-26/h5-10,15H,4,11-14,16H2,1-3H3,(H,25,28). The molecular formula is C24H29N3O7S. The summed E-state index contributed by atoms with van der Waals surface area (Å²) in [6.07, 6.45) is 1.000. The molecule has 0 spiro atoms. The molecule has 1 N–H and O–H groups in total. The molecule has 0 radical (unpaired) electrons. The third-order valence-corrected chi connectivity index (χ3v) is 6.55. The van der Waals surface area contributed by atoms with Gasteiger partial charge in [-0.25, -0.2) is 13.2 Å². The summed E-state index contributed by atoms with van der Waals surface area (Å²) in [4.78, 5) is 39.1.